The average molecular weight is 458 g/mol. The van der Waals surface area contributed by atoms with E-state index in [1.807, 2.05) is 12.1 Å². The second kappa shape index (κ2) is 12.1. The van der Waals surface area contributed by atoms with E-state index in [1.165, 1.54) is 37.6 Å². The van der Waals surface area contributed by atoms with E-state index in [2.05, 4.69) is 41.5 Å². The van der Waals surface area contributed by atoms with Crippen molar-refractivity contribution in [2.75, 3.05) is 12.7 Å². The highest BCUT2D eigenvalue weighted by Crippen LogP contribution is 2.34. The lowest BCUT2D eigenvalue weighted by molar-refractivity contribution is 0.371. The SMILES string of the molecule is CCCCCCc1ccc(-c2ccc(CNCCCP(=O)(O)O)nc2-c2cocn2)cc1. The van der Waals surface area contributed by atoms with E-state index >= 15 is 0 Å². The van der Waals surface area contributed by atoms with Crippen LogP contribution in [0.5, 0.6) is 0 Å². The molecule has 0 amide bonds. The minimum absolute atomic E-state index is 0.120. The maximum atomic E-state index is 11.0. The smallest absolute Gasteiger partial charge is 0.325 e. The highest BCUT2D eigenvalue weighted by Gasteiger charge is 2.14. The standard InChI is InChI=1S/C24H32N3O4P/c1-2-3-4-5-7-19-8-10-20(11-9-19)22-13-12-21(16-25-14-6-15-32(28,29)30)27-24(22)23-17-31-18-26-23/h8-13,17-18,25H,2-7,14-16H2,1H3,(H2,28,29,30). The molecule has 0 fully saturated rings. The van der Waals surface area contributed by atoms with Gasteiger partial charge in [0.05, 0.1) is 11.9 Å². The van der Waals surface area contributed by atoms with Crippen molar-refractivity contribution in [1.29, 1.82) is 0 Å². The van der Waals surface area contributed by atoms with Crippen LogP contribution in [0.3, 0.4) is 0 Å². The third-order valence-electron chi connectivity index (χ3n) is 5.32. The van der Waals surface area contributed by atoms with Gasteiger partial charge in [-0.05, 0) is 43.0 Å². The van der Waals surface area contributed by atoms with Gasteiger partial charge in [0.1, 0.15) is 17.7 Å². The molecule has 0 aliphatic carbocycles. The fourth-order valence-electron chi connectivity index (χ4n) is 3.59. The fourth-order valence-corrected chi connectivity index (χ4v) is 4.16. The molecule has 0 saturated carbocycles. The minimum atomic E-state index is -3.95. The number of oxazole rings is 1. The highest BCUT2D eigenvalue weighted by molar-refractivity contribution is 7.51. The Morgan fingerprint density at radius 3 is 2.53 bits per heavy atom. The van der Waals surface area contributed by atoms with Crippen LogP contribution in [-0.2, 0) is 17.5 Å². The average Bonchev–Trinajstić information content (AvgIpc) is 3.31. The summed E-state index contributed by atoms with van der Waals surface area (Å²) in [6.07, 6.45) is 9.39. The molecule has 2 aromatic heterocycles. The van der Waals surface area contributed by atoms with Crippen LogP contribution in [0.15, 0.2) is 53.5 Å². The van der Waals surface area contributed by atoms with Crippen LogP contribution in [0.4, 0.5) is 0 Å². The van der Waals surface area contributed by atoms with Gasteiger partial charge in [0.2, 0.25) is 0 Å². The van der Waals surface area contributed by atoms with Crippen molar-refractivity contribution in [1.82, 2.24) is 15.3 Å². The summed E-state index contributed by atoms with van der Waals surface area (Å²) < 4.78 is 16.1. The van der Waals surface area contributed by atoms with Crippen molar-refractivity contribution in [2.45, 2.75) is 52.0 Å². The lowest BCUT2D eigenvalue weighted by Gasteiger charge is -2.11. The van der Waals surface area contributed by atoms with Gasteiger partial charge >= 0.3 is 7.60 Å². The number of benzene rings is 1. The van der Waals surface area contributed by atoms with Gasteiger partial charge in [-0.2, -0.15) is 0 Å². The first-order chi connectivity index (χ1) is 15.5. The molecule has 7 nitrogen and oxygen atoms in total. The van der Waals surface area contributed by atoms with Crippen molar-refractivity contribution in [3.63, 3.8) is 0 Å². The third-order valence-corrected chi connectivity index (χ3v) is 6.22. The lowest BCUT2D eigenvalue weighted by atomic mass is 9.99. The number of aryl methyl sites for hydroxylation is 1. The van der Waals surface area contributed by atoms with Gasteiger partial charge in [-0.1, -0.05) is 56.5 Å². The van der Waals surface area contributed by atoms with Crippen LogP contribution >= 0.6 is 7.60 Å². The van der Waals surface area contributed by atoms with E-state index < -0.39 is 7.60 Å². The fraction of sp³-hybridized carbons (Fsp3) is 0.417. The predicted octanol–water partition coefficient (Wildman–Crippen LogP) is 5.18. The summed E-state index contributed by atoms with van der Waals surface area (Å²) in [6.45, 7) is 3.24. The van der Waals surface area contributed by atoms with Crippen LogP contribution < -0.4 is 5.32 Å². The molecule has 32 heavy (non-hydrogen) atoms. The van der Waals surface area contributed by atoms with E-state index in [-0.39, 0.29) is 6.16 Å². The molecule has 0 unspecified atom stereocenters. The molecule has 0 radical (unpaired) electrons. The molecule has 1 aromatic carbocycles. The Kier molecular flexibility index (Phi) is 9.18. The summed E-state index contributed by atoms with van der Waals surface area (Å²) in [5.41, 5.74) is 5.67. The molecule has 3 aromatic rings. The third kappa shape index (κ3) is 7.68. The van der Waals surface area contributed by atoms with Crippen molar-refractivity contribution < 1.29 is 18.8 Å². The molecule has 0 spiro atoms. The molecule has 2 heterocycles. The number of nitrogens with zero attached hydrogens (tertiary/aromatic N) is 2. The number of rotatable bonds is 13. The van der Waals surface area contributed by atoms with Crippen LogP contribution in [0.2, 0.25) is 0 Å². The molecule has 8 heteroatoms. The minimum Gasteiger partial charge on any atom is -0.451 e. The van der Waals surface area contributed by atoms with E-state index in [4.69, 9.17) is 19.2 Å². The zero-order valence-electron chi connectivity index (χ0n) is 18.5. The maximum Gasteiger partial charge on any atom is 0.325 e. The number of nitrogens with one attached hydrogen (secondary N) is 1. The molecule has 0 aliphatic heterocycles. The molecule has 0 saturated heterocycles. The number of unbranched alkanes of at least 4 members (excludes halogenated alkanes) is 3. The maximum absolute atomic E-state index is 11.0. The van der Waals surface area contributed by atoms with Gasteiger partial charge in [-0.25, -0.2) is 9.97 Å². The van der Waals surface area contributed by atoms with Crippen molar-refractivity contribution in [3.8, 4) is 22.5 Å². The summed E-state index contributed by atoms with van der Waals surface area (Å²) in [5.74, 6) is 0. The van der Waals surface area contributed by atoms with Crippen LogP contribution in [-0.4, -0.2) is 32.5 Å². The van der Waals surface area contributed by atoms with Gasteiger partial charge in [-0.3, -0.25) is 4.57 Å². The Balaban J connectivity index is 1.70. The molecular weight excluding hydrogens is 425 g/mol. The molecule has 0 atom stereocenters. The van der Waals surface area contributed by atoms with E-state index in [0.29, 0.717) is 25.2 Å². The summed E-state index contributed by atoms with van der Waals surface area (Å²) in [4.78, 5) is 27.0. The van der Waals surface area contributed by atoms with Crippen LogP contribution in [0, 0.1) is 0 Å². The summed E-state index contributed by atoms with van der Waals surface area (Å²) in [5, 5.41) is 3.19. The summed E-state index contributed by atoms with van der Waals surface area (Å²) in [6, 6.07) is 12.6. The first-order valence-corrected chi connectivity index (χ1v) is 13.0. The van der Waals surface area contributed by atoms with Gasteiger partial charge < -0.3 is 19.5 Å². The number of pyridine rings is 1. The number of hydrogen-bond acceptors (Lipinski definition) is 5. The summed E-state index contributed by atoms with van der Waals surface area (Å²) >= 11 is 0. The van der Waals surface area contributed by atoms with Crippen molar-refractivity contribution in [3.05, 3.63) is 60.3 Å². The Morgan fingerprint density at radius 1 is 1.03 bits per heavy atom. The Hall–Kier alpha value is -2.31. The van der Waals surface area contributed by atoms with E-state index in [0.717, 1.165) is 28.9 Å². The second-order valence-corrected chi connectivity index (χ2v) is 9.78. The van der Waals surface area contributed by atoms with E-state index in [9.17, 15) is 4.57 Å². The van der Waals surface area contributed by atoms with Gasteiger partial charge in [-0.15, -0.1) is 0 Å². The second-order valence-electron chi connectivity index (χ2n) is 8.00. The zero-order valence-corrected chi connectivity index (χ0v) is 19.4. The van der Waals surface area contributed by atoms with Gasteiger partial charge in [0.15, 0.2) is 6.39 Å². The van der Waals surface area contributed by atoms with Crippen molar-refractivity contribution >= 4 is 7.60 Å². The predicted molar refractivity (Wildman–Crippen MR) is 126 cm³/mol. The molecular formula is C24H32N3O4P. The summed E-state index contributed by atoms with van der Waals surface area (Å²) in [7, 11) is -3.95. The first-order valence-electron chi connectivity index (χ1n) is 11.2. The monoisotopic (exact) mass is 457 g/mol. The molecule has 172 valence electrons. The molecule has 0 bridgehead atoms. The Labute approximate surface area is 189 Å². The Morgan fingerprint density at radius 2 is 1.84 bits per heavy atom. The molecule has 0 aliphatic rings. The lowest BCUT2D eigenvalue weighted by Crippen LogP contribution is -2.17. The highest BCUT2D eigenvalue weighted by atomic mass is 31.2. The van der Waals surface area contributed by atoms with Gasteiger partial charge in [0, 0.05) is 12.1 Å². The number of hydrogen-bond donors (Lipinski definition) is 3. The van der Waals surface area contributed by atoms with Crippen LogP contribution in [0.25, 0.3) is 22.5 Å². The molecule has 3 N–H and O–H groups in total. The topological polar surface area (TPSA) is 108 Å². The molecule has 3 rings (SSSR count). The van der Waals surface area contributed by atoms with Crippen molar-refractivity contribution in [2.24, 2.45) is 0 Å². The normalized spacial score (nSPS) is 11.7. The quantitative estimate of drug-likeness (QED) is 0.240. The first kappa shape index (κ1) is 24.3. The van der Waals surface area contributed by atoms with Gasteiger partial charge in [0.25, 0.3) is 0 Å². The van der Waals surface area contributed by atoms with E-state index in [1.54, 1.807) is 6.26 Å². The Bertz CT molecular complexity index is 1000. The zero-order chi connectivity index (χ0) is 22.8. The van der Waals surface area contributed by atoms with Crippen LogP contribution in [0.1, 0.15) is 50.3 Å². The largest absolute Gasteiger partial charge is 0.451 e. The number of aromatic nitrogens is 2.